The third-order valence-corrected chi connectivity index (χ3v) is 3.46. The summed E-state index contributed by atoms with van der Waals surface area (Å²) < 4.78 is 5.42. The van der Waals surface area contributed by atoms with Crippen molar-refractivity contribution in [3.8, 4) is 0 Å². The maximum Gasteiger partial charge on any atom is 0.309 e. The highest BCUT2D eigenvalue weighted by molar-refractivity contribution is 5.73. The van der Waals surface area contributed by atoms with Crippen molar-refractivity contribution in [1.29, 1.82) is 0 Å². The van der Waals surface area contributed by atoms with Gasteiger partial charge in [-0.15, -0.1) is 0 Å². The number of nitrogens with one attached hydrogen (secondary N) is 2. The van der Waals surface area contributed by atoms with Gasteiger partial charge in [-0.25, -0.2) is 0 Å². The minimum absolute atomic E-state index is 0.0189. The van der Waals surface area contributed by atoms with Crippen LogP contribution >= 0.6 is 0 Å². The Labute approximate surface area is 97.1 Å². The van der Waals surface area contributed by atoms with E-state index in [2.05, 4.69) is 10.9 Å². The van der Waals surface area contributed by atoms with E-state index in [-0.39, 0.29) is 23.0 Å². The fourth-order valence-electron chi connectivity index (χ4n) is 2.43. The van der Waals surface area contributed by atoms with Crippen LogP contribution in [-0.4, -0.2) is 23.7 Å². The zero-order chi connectivity index (χ0) is 11.8. The van der Waals surface area contributed by atoms with E-state index in [1.807, 2.05) is 20.8 Å². The lowest BCUT2D eigenvalue weighted by molar-refractivity contribution is -0.162. The molecular formula is C12H22N2O2. The van der Waals surface area contributed by atoms with Gasteiger partial charge in [0.2, 0.25) is 0 Å². The maximum absolute atomic E-state index is 11.9. The molecule has 2 aliphatic rings. The number of hydrogen-bond donors (Lipinski definition) is 2. The van der Waals surface area contributed by atoms with Crippen LogP contribution in [0.5, 0.6) is 0 Å². The summed E-state index contributed by atoms with van der Waals surface area (Å²) in [6.45, 7) is 6.81. The van der Waals surface area contributed by atoms with Crippen molar-refractivity contribution in [1.82, 2.24) is 10.9 Å². The summed E-state index contributed by atoms with van der Waals surface area (Å²) in [4.78, 5) is 11.9. The van der Waals surface area contributed by atoms with Crippen molar-refractivity contribution >= 4 is 5.97 Å². The Morgan fingerprint density at radius 1 is 1.31 bits per heavy atom. The molecule has 0 aromatic rings. The minimum atomic E-state index is -0.359. The van der Waals surface area contributed by atoms with Crippen molar-refractivity contribution in [3.05, 3.63) is 0 Å². The molecule has 0 atom stereocenters. The van der Waals surface area contributed by atoms with Crippen molar-refractivity contribution in [2.75, 3.05) is 6.54 Å². The second kappa shape index (κ2) is 4.00. The monoisotopic (exact) mass is 226 g/mol. The van der Waals surface area contributed by atoms with Crippen molar-refractivity contribution in [3.63, 3.8) is 0 Å². The molecule has 0 radical (unpaired) electrons. The van der Waals surface area contributed by atoms with E-state index in [0.717, 1.165) is 32.2 Å². The standard InChI is InChI=1S/C12H22N2O2/c1-11(2,3)16-10(15)9-4-6-12(7-5-9)8-13-14-12/h9,13-14H,4-8H2,1-3H3. The molecule has 92 valence electrons. The Morgan fingerprint density at radius 3 is 2.25 bits per heavy atom. The van der Waals surface area contributed by atoms with Crippen LogP contribution in [0.2, 0.25) is 0 Å². The van der Waals surface area contributed by atoms with Gasteiger partial charge in [0, 0.05) is 12.1 Å². The van der Waals surface area contributed by atoms with E-state index in [1.165, 1.54) is 0 Å². The highest BCUT2D eigenvalue weighted by atomic mass is 16.6. The number of esters is 1. The van der Waals surface area contributed by atoms with Crippen molar-refractivity contribution in [2.24, 2.45) is 5.92 Å². The minimum Gasteiger partial charge on any atom is -0.460 e. The van der Waals surface area contributed by atoms with E-state index < -0.39 is 0 Å². The molecule has 16 heavy (non-hydrogen) atoms. The van der Waals surface area contributed by atoms with Crippen LogP contribution in [0.4, 0.5) is 0 Å². The van der Waals surface area contributed by atoms with Crippen molar-refractivity contribution < 1.29 is 9.53 Å². The first kappa shape index (κ1) is 11.9. The molecule has 0 aromatic carbocycles. The first-order valence-corrected chi connectivity index (χ1v) is 6.13. The lowest BCUT2D eigenvalue weighted by Crippen LogP contribution is -2.70. The number of hydrogen-bond acceptors (Lipinski definition) is 4. The summed E-state index contributed by atoms with van der Waals surface area (Å²) in [6, 6.07) is 0. The van der Waals surface area contributed by atoms with Gasteiger partial charge in [-0.2, -0.15) is 0 Å². The Hall–Kier alpha value is -0.610. The van der Waals surface area contributed by atoms with Crippen LogP contribution in [0, 0.1) is 5.92 Å². The molecule has 0 aromatic heterocycles. The third kappa shape index (κ3) is 2.55. The lowest BCUT2D eigenvalue weighted by atomic mass is 9.75. The first-order valence-electron chi connectivity index (χ1n) is 6.13. The van der Waals surface area contributed by atoms with Crippen LogP contribution in [0.1, 0.15) is 46.5 Å². The molecule has 1 saturated carbocycles. The molecule has 1 aliphatic carbocycles. The van der Waals surface area contributed by atoms with Crippen LogP contribution < -0.4 is 10.9 Å². The summed E-state index contributed by atoms with van der Waals surface area (Å²) in [5, 5.41) is 0. The van der Waals surface area contributed by atoms with Crippen LogP contribution in [0.15, 0.2) is 0 Å². The average Bonchev–Trinajstić information content (AvgIpc) is 2.13. The normalized spacial score (nSPS) is 34.6. The maximum atomic E-state index is 11.9. The number of rotatable bonds is 1. The molecule has 4 nitrogen and oxygen atoms in total. The summed E-state index contributed by atoms with van der Waals surface area (Å²) in [5.74, 6) is 0.0851. The Bertz CT molecular complexity index is 269. The molecule has 2 rings (SSSR count). The fraction of sp³-hybridized carbons (Fsp3) is 0.917. The van der Waals surface area contributed by atoms with Crippen LogP contribution in [-0.2, 0) is 9.53 Å². The molecule has 0 unspecified atom stereocenters. The molecule has 1 heterocycles. The molecule has 2 fully saturated rings. The zero-order valence-electron chi connectivity index (χ0n) is 10.4. The SMILES string of the molecule is CC(C)(C)OC(=O)C1CCC2(CC1)CNN2. The van der Waals surface area contributed by atoms with Gasteiger partial charge in [-0.05, 0) is 46.5 Å². The number of hydrazine groups is 1. The van der Waals surface area contributed by atoms with Crippen molar-refractivity contribution in [2.45, 2.75) is 57.6 Å². The summed E-state index contributed by atoms with van der Waals surface area (Å²) in [7, 11) is 0. The van der Waals surface area contributed by atoms with E-state index in [1.54, 1.807) is 0 Å². The van der Waals surface area contributed by atoms with Gasteiger partial charge >= 0.3 is 5.97 Å². The van der Waals surface area contributed by atoms with Crippen LogP contribution in [0.25, 0.3) is 0 Å². The molecular weight excluding hydrogens is 204 g/mol. The number of carbonyl (C=O) groups excluding carboxylic acids is 1. The molecule has 0 bridgehead atoms. The van der Waals surface area contributed by atoms with Gasteiger partial charge in [-0.1, -0.05) is 0 Å². The second-order valence-electron chi connectivity index (χ2n) is 6.07. The predicted molar refractivity (Wildman–Crippen MR) is 61.7 cm³/mol. The van der Waals surface area contributed by atoms with Gasteiger partial charge in [0.05, 0.1) is 5.92 Å². The number of carbonyl (C=O) groups is 1. The van der Waals surface area contributed by atoms with Gasteiger partial charge in [0.25, 0.3) is 0 Å². The predicted octanol–water partition coefficient (Wildman–Crippen LogP) is 1.36. The molecule has 0 amide bonds. The highest BCUT2D eigenvalue weighted by Crippen LogP contribution is 2.35. The molecule has 1 saturated heterocycles. The van der Waals surface area contributed by atoms with Gasteiger partial charge in [-0.3, -0.25) is 15.6 Å². The molecule has 2 N–H and O–H groups in total. The smallest absolute Gasteiger partial charge is 0.309 e. The molecule has 4 heteroatoms. The summed E-state index contributed by atoms with van der Waals surface area (Å²) in [5.41, 5.74) is 6.27. The Kier molecular flexibility index (Phi) is 2.97. The third-order valence-electron chi connectivity index (χ3n) is 3.46. The highest BCUT2D eigenvalue weighted by Gasteiger charge is 2.42. The molecule has 1 aliphatic heterocycles. The van der Waals surface area contributed by atoms with Gasteiger partial charge in [0.15, 0.2) is 0 Å². The summed E-state index contributed by atoms with van der Waals surface area (Å²) in [6.07, 6.45) is 4.04. The van der Waals surface area contributed by atoms with E-state index in [0.29, 0.717) is 0 Å². The summed E-state index contributed by atoms with van der Waals surface area (Å²) >= 11 is 0. The zero-order valence-corrected chi connectivity index (χ0v) is 10.4. The Balaban J connectivity index is 1.82. The van der Waals surface area contributed by atoms with Gasteiger partial charge in [0.1, 0.15) is 5.60 Å². The largest absolute Gasteiger partial charge is 0.460 e. The van der Waals surface area contributed by atoms with E-state index in [9.17, 15) is 4.79 Å². The quantitative estimate of drug-likeness (QED) is 0.663. The first-order chi connectivity index (χ1) is 7.40. The Morgan fingerprint density at radius 2 is 1.88 bits per heavy atom. The van der Waals surface area contributed by atoms with E-state index >= 15 is 0 Å². The fourth-order valence-corrected chi connectivity index (χ4v) is 2.43. The topological polar surface area (TPSA) is 50.4 Å². The van der Waals surface area contributed by atoms with Gasteiger partial charge < -0.3 is 4.74 Å². The second-order valence-corrected chi connectivity index (χ2v) is 6.07. The average molecular weight is 226 g/mol. The number of ether oxygens (including phenoxy) is 1. The van der Waals surface area contributed by atoms with Crippen LogP contribution in [0.3, 0.4) is 0 Å². The van der Waals surface area contributed by atoms with E-state index in [4.69, 9.17) is 4.74 Å². The molecule has 1 spiro atoms. The lowest BCUT2D eigenvalue weighted by Gasteiger charge is -2.47.